The smallest absolute Gasteiger partial charge is 0.320 e. The van der Waals surface area contributed by atoms with Gasteiger partial charge < -0.3 is 36.4 Å². The molecule has 1 atom stereocenters. The summed E-state index contributed by atoms with van der Waals surface area (Å²) in [6.07, 6.45) is 0.244. The molecule has 1 aromatic rings. The first kappa shape index (κ1) is 39.0. The number of carbonyl (C=O) groups is 6. The van der Waals surface area contributed by atoms with Gasteiger partial charge in [0, 0.05) is 78.9 Å². The summed E-state index contributed by atoms with van der Waals surface area (Å²) >= 11 is 0. The maximum Gasteiger partial charge on any atom is 0.320 e. The minimum absolute atomic E-state index is 0.0248. The van der Waals surface area contributed by atoms with Crippen molar-refractivity contribution in [1.29, 1.82) is 0 Å². The average Bonchev–Trinajstić information content (AvgIpc) is 2.99. The Hall–Kier alpha value is -4.16. The quantitative estimate of drug-likeness (QED) is 0.108. The summed E-state index contributed by atoms with van der Waals surface area (Å²) in [5.74, 6) is -4.72. The van der Waals surface area contributed by atoms with E-state index < -0.39 is 29.9 Å². The van der Waals surface area contributed by atoms with Crippen molar-refractivity contribution in [2.24, 2.45) is 5.73 Å². The second kappa shape index (κ2) is 20.2. The van der Waals surface area contributed by atoms with Gasteiger partial charge in [0.15, 0.2) is 0 Å². The van der Waals surface area contributed by atoms with E-state index in [1.54, 1.807) is 46.0 Å². The van der Waals surface area contributed by atoms with E-state index in [2.05, 4.69) is 5.32 Å². The molecule has 0 saturated carbocycles. The van der Waals surface area contributed by atoms with Crippen molar-refractivity contribution in [3.63, 3.8) is 0 Å². The molecule has 2 rings (SSSR count). The van der Waals surface area contributed by atoms with Crippen molar-refractivity contribution in [3.05, 3.63) is 35.4 Å². The fourth-order valence-electron chi connectivity index (χ4n) is 4.91. The Morgan fingerprint density at radius 1 is 0.702 bits per heavy atom. The number of amides is 2. The molecule has 1 heterocycles. The number of carboxylic acids is 4. The second-order valence-electron chi connectivity index (χ2n) is 11.6. The van der Waals surface area contributed by atoms with Gasteiger partial charge in [0.1, 0.15) is 6.04 Å². The van der Waals surface area contributed by atoms with E-state index in [4.69, 9.17) is 10.8 Å². The van der Waals surface area contributed by atoms with Crippen molar-refractivity contribution >= 4 is 35.7 Å². The second-order valence-corrected chi connectivity index (χ2v) is 11.6. The summed E-state index contributed by atoms with van der Waals surface area (Å²) in [5, 5.41) is 39.8. The van der Waals surface area contributed by atoms with Crippen molar-refractivity contribution in [2.75, 3.05) is 92.1 Å². The Morgan fingerprint density at radius 3 is 1.47 bits per heavy atom. The largest absolute Gasteiger partial charge is 0.480 e. The molecule has 2 amide bonds. The van der Waals surface area contributed by atoms with Crippen LogP contribution in [0, 0.1) is 0 Å². The predicted molar refractivity (Wildman–Crippen MR) is 169 cm³/mol. The van der Waals surface area contributed by atoms with E-state index in [9.17, 15) is 44.1 Å². The van der Waals surface area contributed by atoms with Crippen LogP contribution in [0.3, 0.4) is 0 Å². The number of nitrogens with two attached hydrogens (primary N) is 1. The van der Waals surface area contributed by atoms with Gasteiger partial charge in [0.05, 0.1) is 26.2 Å². The Kier molecular flexibility index (Phi) is 16.7. The third-order valence-electron chi connectivity index (χ3n) is 7.75. The number of nitrogens with zero attached hydrogens (tertiary/aromatic N) is 5. The van der Waals surface area contributed by atoms with Gasteiger partial charge >= 0.3 is 23.9 Å². The zero-order valence-corrected chi connectivity index (χ0v) is 26.8. The molecule has 7 N–H and O–H groups in total. The van der Waals surface area contributed by atoms with Crippen LogP contribution in [-0.4, -0.2) is 179 Å². The molecule has 1 aromatic carbocycles. The van der Waals surface area contributed by atoms with Crippen molar-refractivity contribution < 1.29 is 49.2 Å². The summed E-state index contributed by atoms with van der Waals surface area (Å²) in [4.78, 5) is 79.1. The Balaban J connectivity index is 1.94. The summed E-state index contributed by atoms with van der Waals surface area (Å²) in [7, 11) is 1.58. The molecule has 17 heteroatoms. The molecule has 1 aliphatic heterocycles. The molecular formula is C30H47N7O10. The van der Waals surface area contributed by atoms with Crippen LogP contribution in [0.4, 0.5) is 0 Å². The molecule has 47 heavy (non-hydrogen) atoms. The molecule has 0 aliphatic carbocycles. The van der Waals surface area contributed by atoms with E-state index in [1.807, 2.05) is 4.90 Å². The lowest BCUT2D eigenvalue weighted by atomic mass is 10.0. The molecule has 1 fully saturated rings. The van der Waals surface area contributed by atoms with E-state index >= 15 is 0 Å². The fourth-order valence-corrected chi connectivity index (χ4v) is 4.91. The van der Waals surface area contributed by atoms with Gasteiger partial charge in [0.25, 0.3) is 0 Å². The van der Waals surface area contributed by atoms with Gasteiger partial charge in [-0.2, -0.15) is 0 Å². The van der Waals surface area contributed by atoms with Gasteiger partial charge in [-0.3, -0.25) is 48.4 Å². The average molecular weight is 666 g/mol. The lowest BCUT2D eigenvalue weighted by Crippen LogP contribution is -2.50. The normalized spacial score (nSPS) is 16.7. The lowest BCUT2D eigenvalue weighted by Gasteiger charge is -2.33. The summed E-state index contributed by atoms with van der Waals surface area (Å²) in [6, 6.07) is 6.06. The number of aliphatic carboxylic acids is 4. The topological polar surface area (TPSA) is 238 Å². The number of carboxylic acid groups (broad SMARTS) is 4. The molecule has 17 nitrogen and oxygen atoms in total. The Morgan fingerprint density at radius 2 is 1.09 bits per heavy atom. The maximum atomic E-state index is 13.1. The van der Waals surface area contributed by atoms with Crippen LogP contribution in [0.5, 0.6) is 0 Å². The number of hydrogen-bond donors (Lipinski definition) is 6. The zero-order valence-electron chi connectivity index (χ0n) is 26.8. The molecule has 0 aromatic heterocycles. The molecule has 0 radical (unpaired) electrons. The van der Waals surface area contributed by atoms with Crippen molar-refractivity contribution in [2.45, 2.75) is 25.4 Å². The van der Waals surface area contributed by atoms with Gasteiger partial charge in [-0.25, -0.2) is 0 Å². The minimum Gasteiger partial charge on any atom is -0.480 e. The molecular weight excluding hydrogens is 618 g/mol. The van der Waals surface area contributed by atoms with E-state index in [0.29, 0.717) is 26.2 Å². The lowest BCUT2D eigenvalue weighted by molar-refractivity contribution is -0.140. The van der Waals surface area contributed by atoms with Crippen LogP contribution in [0.2, 0.25) is 0 Å². The number of likely N-dealkylation sites (N-methyl/N-ethyl adjacent to an activating group) is 1. The summed E-state index contributed by atoms with van der Waals surface area (Å²) < 4.78 is 0. The monoisotopic (exact) mass is 665 g/mol. The predicted octanol–water partition coefficient (Wildman–Crippen LogP) is -2.42. The Bertz CT molecular complexity index is 1180. The fraction of sp³-hybridized carbons (Fsp3) is 0.600. The van der Waals surface area contributed by atoms with Crippen LogP contribution in [0.15, 0.2) is 24.3 Å². The highest BCUT2D eigenvalue weighted by Crippen LogP contribution is 2.07. The van der Waals surface area contributed by atoms with Crippen LogP contribution < -0.4 is 11.1 Å². The minimum atomic E-state index is -1.08. The van der Waals surface area contributed by atoms with Crippen LogP contribution in [0.1, 0.15) is 17.5 Å². The first-order valence-electron chi connectivity index (χ1n) is 15.3. The molecule has 1 aliphatic rings. The molecule has 262 valence electrons. The van der Waals surface area contributed by atoms with Crippen molar-refractivity contribution in [3.8, 4) is 0 Å². The van der Waals surface area contributed by atoms with Gasteiger partial charge in [0.2, 0.25) is 11.8 Å². The first-order valence-corrected chi connectivity index (χ1v) is 15.3. The van der Waals surface area contributed by atoms with Crippen LogP contribution >= 0.6 is 0 Å². The van der Waals surface area contributed by atoms with Gasteiger partial charge in [-0.05, 0) is 17.5 Å². The molecule has 0 spiro atoms. The first-order chi connectivity index (χ1) is 22.2. The van der Waals surface area contributed by atoms with Crippen LogP contribution in [0.25, 0.3) is 0 Å². The summed E-state index contributed by atoms with van der Waals surface area (Å²) in [6.45, 7) is 1.92. The number of nitrogens with one attached hydrogen (secondary N) is 1. The van der Waals surface area contributed by atoms with E-state index in [-0.39, 0.29) is 90.1 Å². The highest BCUT2D eigenvalue weighted by atomic mass is 16.4. The van der Waals surface area contributed by atoms with E-state index in [0.717, 1.165) is 11.1 Å². The van der Waals surface area contributed by atoms with E-state index in [1.165, 1.54) is 4.90 Å². The zero-order chi connectivity index (χ0) is 34.9. The molecule has 0 unspecified atom stereocenters. The molecule has 1 saturated heterocycles. The number of carbonyl (C=O) groups excluding carboxylic acids is 2. The Labute approximate surface area is 273 Å². The molecule has 0 bridgehead atoms. The number of rotatable bonds is 16. The number of hydrogen-bond acceptors (Lipinski definition) is 11. The highest BCUT2D eigenvalue weighted by molar-refractivity contribution is 5.80. The highest BCUT2D eigenvalue weighted by Gasteiger charge is 2.22. The maximum absolute atomic E-state index is 13.1. The van der Waals surface area contributed by atoms with Crippen LogP contribution in [-0.2, 0) is 41.7 Å². The third-order valence-corrected chi connectivity index (χ3v) is 7.75. The third kappa shape index (κ3) is 16.3. The van der Waals surface area contributed by atoms with Crippen molar-refractivity contribution in [1.82, 2.24) is 29.8 Å². The van der Waals surface area contributed by atoms with Gasteiger partial charge in [-0.1, -0.05) is 24.3 Å². The SMILES string of the molecule is CN(CCC(=O)NCc1ccc(C[C@H](N)C(=O)O)cc1)C(=O)CN1CCN(CC(=O)O)CCN(CC(=O)O)CCN(CC(=O)O)CC1. The van der Waals surface area contributed by atoms with Gasteiger partial charge in [-0.15, -0.1) is 0 Å². The standard InChI is InChI=1S/C30H47N7O10/c1-33(7-6-25(38)32-17-23-4-2-22(3-5-23)16-24(31)30(46)47)26(39)18-34-8-10-35(19-27(40)41)12-14-37(21-29(44)45)15-13-36(11-9-34)20-28(42)43/h2-5,24H,6-21,31H2,1H3,(H,32,38)(H,40,41)(H,42,43)(H,44,45)(H,46,47)/t24-/m0/s1. The number of benzene rings is 1. The summed E-state index contributed by atoms with van der Waals surface area (Å²) in [5.41, 5.74) is 7.14.